The van der Waals surface area contributed by atoms with Crippen molar-refractivity contribution in [1.82, 2.24) is 4.57 Å². The van der Waals surface area contributed by atoms with E-state index in [1.54, 1.807) is 6.07 Å². The van der Waals surface area contributed by atoms with Gasteiger partial charge in [-0.25, -0.2) is 0 Å². The van der Waals surface area contributed by atoms with E-state index >= 15 is 0 Å². The molecule has 0 saturated carbocycles. The van der Waals surface area contributed by atoms with E-state index in [4.69, 9.17) is 5.26 Å². The fraction of sp³-hybridized carbons (Fsp3) is 0.222. The van der Waals surface area contributed by atoms with Gasteiger partial charge in [0.05, 0.1) is 11.3 Å². The Bertz CT molecular complexity index is 812. The van der Waals surface area contributed by atoms with E-state index in [2.05, 4.69) is 24.8 Å². The van der Waals surface area contributed by atoms with Crippen molar-refractivity contribution in [2.75, 3.05) is 0 Å². The molecule has 1 aliphatic heterocycles. The Morgan fingerprint density at radius 2 is 2.00 bits per heavy atom. The van der Waals surface area contributed by atoms with Gasteiger partial charge in [0, 0.05) is 30.3 Å². The highest BCUT2D eigenvalue weighted by molar-refractivity contribution is 5.95. The predicted molar refractivity (Wildman–Crippen MR) is 79.7 cm³/mol. The van der Waals surface area contributed by atoms with Crippen molar-refractivity contribution < 1.29 is 4.79 Å². The van der Waals surface area contributed by atoms with Gasteiger partial charge in [0.25, 0.3) is 0 Å². The molecule has 2 heterocycles. The average Bonchev–Trinajstić information content (AvgIpc) is 2.88. The van der Waals surface area contributed by atoms with Gasteiger partial charge in [0.1, 0.15) is 6.07 Å². The summed E-state index contributed by atoms with van der Waals surface area (Å²) >= 11 is 0. The zero-order valence-electron chi connectivity index (χ0n) is 11.8. The van der Waals surface area contributed by atoms with Gasteiger partial charge in [0.2, 0.25) is 0 Å². The summed E-state index contributed by atoms with van der Waals surface area (Å²) in [7, 11) is 0. The molecule has 0 saturated heterocycles. The molecule has 3 rings (SSSR count). The first-order chi connectivity index (χ1) is 10.2. The summed E-state index contributed by atoms with van der Waals surface area (Å²) < 4.78 is 1.98. The number of benzene rings is 1. The largest absolute Gasteiger partial charge is 0.344 e. The van der Waals surface area contributed by atoms with Gasteiger partial charge < -0.3 is 4.57 Å². The second-order valence-electron chi connectivity index (χ2n) is 5.41. The highest BCUT2D eigenvalue weighted by atomic mass is 16.1. The van der Waals surface area contributed by atoms with E-state index in [1.165, 1.54) is 0 Å². The molecule has 1 aliphatic rings. The Labute approximate surface area is 123 Å². The van der Waals surface area contributed by atoms with Crippen LogP contribution >= 0.6 is 0 Å². The van der Waals surface area contributed by atoms with Crippen LogP contribution in [0.1, 0.15) is 40.5 Å². The fourth-order valence-corrected chi connectivity index (χ4v) is 2.62. The second-order valence-corrected chi connectivity index (χ2v) is 5.41. The quantitative estimate of drug-likeness (QED) is 0.693. The number of rotatable bonds is 0. The number of carbonyl (C=O) groups is 1. The number of ketones is 1. The van der Waals surface area contributed by atoms with Crippen molar-refractivity contribution >= 4 is 5.78 Å². The van der Waals surface area contributed by atoms with Crippen molar-refractivity contribution in [2.24, 2.45) is 5.92 Å². The number of aromatic nitrogens is 1. The summed E-state index contributed by atoms with van der Waals surface area (Å²) in [5, 5.41) is 9.05. The molecule has 2 aromatic rings. The lowest BCUT2D eigenvalue weighted by Crippen LogP contribution is -2.22. The lowest BCUT2D eigenvalue weighted by atomic mass is 9.99. The molecular formula is C18H14N2O. The molecule has 3 nitrogen and oxygen atoms in total. The third-order valence-electron chi connectivity index (χ3n) is 3.61. The monoisotopic (exact) mass is 274 g/mol. The molecule has 0 N–H and O–H groups in total. The molecule has 21 heavy (non-hydrogen) atoms. The molecule has 0 aliphatic carbocycles. The zero-order valence-corrected chi connectivity index (χ0v) is 11.8. The van der Waals surface area contributed by atoms with Gasteiger partial charge in [-0.3, -0.25) is 4.79 Å². The molecule has 1 atom stereocenters. The third kappa shape index (κ3) is 2.59. The summed E-state index contributed by atoms with van der Waals surface area (Å²) in [5.74, 6) is 6.63. The molecule has 0 amide bonds. The smallest absolute Gasteiger partial charge is 0.179 e. The highest BCUT2D eigenvalue weighted by Gasteiger charge is 2.22. The predicted octanol–water partition coefficient (Wildman–Crippen LogP) is 2.98. The number of Topliss-reactive ketones (excluding diaryl/α,β-unsaturated/α-hetero) is 1. The SMILES string of the molecule is CC1CC(=O)c2cc(C#Cc3ccccc3C#N)cn2C1. The average molecular weight is 274 g/mol. The summed E-state index contributed by atoms with van der Waals surface area (Å²) in [5.41, 5.74) is 2.84. The van der Waals surface area contributed by atoms with Gasteiger partial charge in [-0.15, -0.1) is 0 Å². The van der Waals surface area contributed by atoms with E-state index < -0.39 is 0 Å². The summed E-state index contributed by atoms with van der Waals surface area (Å²) in [4.78, 5) is 12.0. The molecule has 3 heteroatoms. The van der Waals surface area contributed by atoms with Crippen molar-refractivity contribution in [3.8, 4) is 17.9 Å². The lowest BCUT2D eigenvalue weighted by Gasteiger charge is -2.19. The van der Waals surface area contributed by atoms with Gasteiger partial charge in [-0.1, -0.05) is 30.9 Å². The van der Waals surface area contributed by atoms with Crippen molar-refractivity contribution in [2.45, 2.75) is 19.9 Å². The van der Waals surface area contributed by atoms with Gasteiger partial charge in [-0.05, 0) is 24.1 Å². The molecule has 0 fully saturated rings. The van der Waals surface area contributed by atoms with Crippen molar-refractivity contribution in [3.05, 3.63) is 58.9 Å². The third-order valence-corrected chi connectivity index (χ3v) is 3.61. The van der Waals surface area contributed by atoms with Crippen LogP contribution in [0.5, 0.6) is 0 Å². The first kappa shape index (κ1) is 13.2. The van der Waals surface area contributed by atoms with Crippen molar-refractivity contribution in [1.29, 1.82) is 5.26 Å². The van der Waals surface area contributed by atoms with Crippen LogP contribution in [-0.2, 0) is 6.54 Å². The Morgan fingerprint density at radius 3 is 2.76 bits per heavy atom. The summed E-state index contributed by atoms with van der Waals surface area (Å²) in [6, 6.07) is 11.2. The minimum absolute atomic E-state index is 0.180. The molecule has 1 unspecified atom stereocenters. The van der Waals surface area contributed by atoms with E-state index in [-0.39, 0.29) is 5.78 Å². The van der Waals surface area contributed by atoms with E-state index in [0.717, 1.165) is 17.8 Å². The Hall–Kier alpha value is -2.78. The standard InChI is InChI=1S/C18H14N2O/c1-13-8-18(21)17-9-14(12-20(17)11-13)6-7-15-4-2-3-5-16(15)10-19/h2-5,9,12-13H,8,11H2,1H3. The van der Waals surface area contributed by atoms with Gasteiger partial charge in [-0.2, -0.15) is 5.26 Å². The first-order valence-corrected chi connectivity index (χ1v) is 6.92. The van der Waals surface area contributed by atoms with E-state index in [1.807, 2.05) is 35.0 Å². The Morgan fingerprint density at radius 1 is 1.24 bits per heavy atom. The molecule has 1 aromatic heterocycles. The van der Waals surface area contributed by atoms with Crippen LogP contribution in [-0.4, -0.2) is 10.4 Å². The fourth-order valence-electron chi connectivity index (χ4n) is 2.62. The molecule has 0 spiro atoms. The first-order valence-electron chi connectivity index (χ1n) is 6.92. The number of hydrogen-bond acceptors (Lipinski definition) is 2. The highest BCUT2D eigenvalue weighted by Crippen LogP contribution is 2.21. The van der Waals surface area contributed by atoms with Crippen LogP contribution in [0.4, 0.5) is 0 Å². The summed E-state index contributed by atoms with van der Waals surface area (Å²) in [6.07, 6.45) is 2.53. The zero-order chi connectivity index (χ0) is 14.8. The lowest BCUT2D eigenvalue weighted by molar-refractivity contribution is 0.0929. The minimum atomic E-state index is 0.180. The van der Waals surface area contributed by atoms with Crippen LogP contribution in [0.2, 0.25) is 0 Å². The molecule has 1 aromatic carbocycles. The topological polar surface area (TPSA) is 45.8 Å². The summed E-state index contributed by atoms with van der Waals surface area (Å²) in [6.45, 7) is 2.94. The molecule has 0 bridgehead atoms. The van der Waals surface area contributed by atoms with Crippen molar-refractivity contribution in [3.63, 3.8) is 0 Å². The molecule has 102 valence electrons. The minimum Gasteiger partial charge on any atom is -0.344 e. The number of hydrogen-bond donors (Lipinski definition) is 0. The van der Waals surface area contributed by atoms with Crippen LogP contribution in [0, 0.1) is 29.1 Å². The number of nitriles is 1. The number of nitrogens with zero attached hydrogens (tertiary/aromatic N) is 2. The van der Waals surface area contributed by atoms with Crippen LogP contribution in [0.25, 0.3) is 0 Å². The van der Waals surface area contributed by atoms with Crippen LogP contribution < -0.4 is 0 Å². The van der Waals surface area contributed by atoms with Gasteiger partial charge in [0.15, 0.2) is 5.78 Å². The van der Waals surface area contributed by atoms with Gasteiger partial charge >= 0.3 is 0 Å². The normalized spacial score (nSPS) is 16.6. The van der Waals surface area contributed by atoms with Crippen LogP contribution in [0.3, 0.4) is 0 Å². The Kier molecular flexibility index (Phi) is 3.34. The second kappa shape index (κ2) is 5.31. The van der Waals surface area contributed by atoms with Crippen LogP contribution in [0.15, 0.2) is 36.5 Å². The molecular weight excluding hydrogens is 260 g/mol. The molecule has 0 radical (unpaired) electrons. The number of carbonyl (C=O) groups excluding carboxylic acids is 1. The number of fused-ring (bicyclic) bond motifs is 1. The van der Waals surface area contributed by atoms with E-state index in [9.17, 15) is 4.79 Å². The maximum atomic E-state index is 12.0. The van der Waals surface area contributed by atoms with E-state index in [0.29, 0.717) is 23.5 Å². The Balaban J connectivity index is 1.95. The maximum Gasteiger partial charge on any atom is 0.179 e. The maximum absolute atomic E-state index is 12.0.